The Kier molecular flexibility index (Phi) is 5.74. The summed E-state index contributed by atoms with van der Waals surface area (Å²) in [4.78, 5) is 10.6. The Labute approximate surface area is 114 Å². The van der Waals surface area contributed by atoms with Crippen LogP contribution in [0.3, 0.4) is 0 Å². The molecule has 0 aliphatic heterocycles. The second-order valence-corrected chi connectivity index (χ2v) is 6.60. The summed E-state index contributed by atoms with van der Waals surface area (Å²) in [6, 6.07) is 2.04. The number of amides is 1. The summed E-state index contributed by atoms with van der Waals surface area (Å²) < 4.78 is 51.2. The van der Waals surface area contributed by atoms with E-state index in [0.29, 0.717) is 11.8 Å². The Bertz CT molecular complexity index is 561. The summed E-state index contributed by atoms with van der Waals surface area (Å²) in [6.07, 6.45) is 0.0144. The topological polar surface area (TPSA) is 63.2 Å². The molecule has 1 N–H and O–H groups in total. The molecule has 0 heterocycles. The lowest BCUT2D eigenvalue weighted by Gasteiger charge is -2.07. The molecule has 106 valence electrons. The Hall–Kier alpha value is -1.15. The molecule has 0 saturated carbocycles. The van der Waals surface area contributed by atoms with E-state index in [4.69, 9.17) is 0 Å². The zero-order valence-electron chi connectivity index (χ0n) is 10.2. The van der Waals surface area contributed by atoms with Crippen LogP contribution in [0.4, 0.5) is 8.78 Å². The summed E-state index contributed by atoms with van der Waals surface area (Å²) >= 11 is 1.48. The van der Waals surface area contributed by atoms with Gasteiger partial charge in [-0.25, -0.2) is 21.9 Å². The molecule has 0 unspecified atom stereocenters. The van der Waals surface area contributed by atoms with Crippen LogP contribution < -0.4 is 4.72 Å². The van der Waals surface area contributed by atoms with Crippen molar-refractivity contribution in [2.45, 2.75) is 18.2 Å². The first-order valence-corrected chi connectivity index (χ1v) is 8.09. The molecule has 8 heteroatoms. The SMILES string of the molecule is CCSCCC(=O)NS(=O)(=O)c1ccc(F)cc1F. The number of nitrogens with one attached hydrogen (secondary N) is 1. The van der Waals surface area contributed by atoms with Gasteiger partial charge in [-0.3, -0.25) is 4.79 Å². The van der Waals surface area contributed by atoms with Crippen molar-refractivity contribution >= 4 is 27.7 Å². The van der Waals surface area contributed by atoms with Gasteiger partial charge in [0.2, 0.25) is 5.91 Å². The highest BCUT2D eigenvalue weighted by atomic mass is 32.2. The molecule has 1 rings (SSSR count). The average Bonchev–Trinajstić information content (AvgIpc) is 2.27. The van der Waals surface area contributed by atoms with E-state index >= 15 is 0 Å². The Morgan fingerprint density at radius 1 is 1.37 bits per heavy atom. The van der Waals surface area contributed by atoms with Gasteiger partial charge in [-0.05, 0) is 17.9 Å². The Morgan fingerprint density at radius 2 is 2.05 bits per heavy atom. The van der Waals surface area contributed by atoms with Gasteiger partial charge < -0.3 is 0 Å². The van der Waals surface area contributed by atoms with Crippen molar-refractivity contribution < 1.29 is 22.0 Å². The maximum absolute atomic E-state index is 13.3. The van der Waals surface area contributed by atoms with Gasteiger partial charge in [0.25, 0.3) is 10.0 Å². The number of sulfonamides is 1. The van der Waals surface area contributed by atoms with Crippen LogP contribution in [0.15, 0.2) is 23.1 Å². The number of rotatable bonds is 6. The van der Waals surface area contributed by atoms with Gasteiger partial charge in [0.1, 0.15) is 16.5 Å². The monoisotopic (exact) mass is 309 g/mol. The minimum absolute atomic E-state index is 0.0144. The number of carbonyl (C=O) groups is 1. The van der Waals surface area contributed by atoms with Gasteiger partial charge in [-0.15, -0.1) is 0 Å². The van der Waals surface area contributed by atoms with Crippen LogP contribution in [0.5, 0.6) is 0 Å². The number of hydrogen-bond donors (Lipinski definition) is 1. The predicted molar refractivity (Wildman–Crippen MR) is 69.3 cm³/mol. The van der Waals surface area contributed by atoms with Gasteiger partial charge in [0.05, 0.1) is 0 Å². The molecule has 0 aliphatic carbocycles. The molecule has 19 heavy (non-hydrogen) atoms. The molecule has 0 aromatic heterocycles. The average molecular weight is 309 g/mol. The van der Waals surface area contributed by atoms with E-state index in [2.05, 4.69) is 0 Å². The number of thioether (sulfide) groups is 1. The van der Waals surface area contributed by atoms with Crippen LogP contribution in [0.25, 0.3) is 0 Å². The van der Waals surface area contributed by atoms with Crippen LogP contribution in [-0.4, -0.2) is 25.8 Å². The third kappa shape index (κ3) is 4.79. The molecule has 0 spiro atoms. The molecule has 0 fully saturated rings. The predicted octanol–water partition coefficient (Wildman–Crippen LogP) is 1.91. The third-order valence-corrected chi connectivity index (χ3v) is 4.42. The molecule has 0 radical (unpaired) electrons. The standard InChI is InChI=1S/C11H13F2NO3S2/c1-2-18-6-5-11(15)14-19(16,17)10-4-3-8(12)7-9(10)13/h3-4,7H,2,5-6H2,1H3,(H,14,15). The van der Waals surface area contributed by atoms with Gasteiger partial charge >= 0.3 is 0 Å². The quantitative estimate of drug-likeness (QED) is 0.815. The van der Waals surface area contributed by atoms with Gasteiger partial charge in [-0.1, -0.05) is 6.92 Å². The van der Waals surface area contributed by atoms with E-state index in [1.54, 1.807) is 4.72 Å². The van der Waals surface area contributed by atoms with E-state index < -0.39 is 32.5 Å². The molecule has 0 saturated heterocycles. The lowest BCUT2D eigenvalue weighted by molar-refractivity contribution is -0.118. The highest BCUT2D eigenvalue weighted by Crippen LogP contribution is 2.15. The minimum Gasteiger partial charge on any atom is -0.274 e. The van der Waals surface area contributed by atoms with E-state index in [1.807, 2.05) is 6.92 Å². The second-order valence-electron chi connectivity index (χ2n) is 3.55. The fourth-order valence-corrected chi connectivity index (χ4v) is 2.95. The maximum atomic E-state index is 13.3. The molecule has 1 aromatic rings. The zero-order chi connectivity index (χ0) is 14.5. The number of carbonyl (C=O) groups excluding carboxylic acids is 1. The Morgan fingerprint density at radius 3 is 2.63 bits per heavy atom. The molecule has 0 aliphatic rings. The summed E-state index contributed by atoms with van der Waals surface area (Å²) in [5.74, 6) is -1.55. The summed E-state index contributed by atoms with van der Waals surface area (Å²) in [5, 5.41) is 0. The molecular weight excluding hydrogens is 296 g/mol. The molecular formula is C11H13F2NO3S2. The number of halogens is 2. The van der Waals surface area contributed by atoms with Gasteiger partial charge in [0, 0.05) is 18.2 Å². The first kappa shape index (κ1) is 15.9. The fraction of sp³-hybridized carbons (Fsp3) is 0.364. The number of benzene rings is 1. The molecule has 1 amide bonds. The van der Waals surface area contributed by atoms with Crippen LogP contribution in [-0.2, 0) is 14.8 Å². The van der Waals surface area contributed by atoms with E-state index in [-0.39, 0.29) is 6.42 Å². The van der Waals surface area contributed by atoms with Crippen molar-refractivity contribution in [1.82, 2.24) is 4.72 Å². The third-order valence-electron chi connectivity index (χ3n) is 2.11. The lowest BCUT2D eigenvalue weighted by atomic mass is 10.3. The van der Waals surface area contributed by atoms with E-state index in [1.165, 1.54) is 11.8 Å². The maximum Gasteiger partial charge on any atom is 0.266 e. The van der Waals surface area contributed by atoms with Gasteiger partial charge in [-0.2, -0.15) is 11.8 Å². The summed E-state index contributed by atoms with van der Waals surface area (Å²) in [6.45, 7) is 1.91. The largest absolute Gasteiger partial charge is 0.274 e. The molecule has 4 nitrogen and oxygen atoms in total. The lowest BCUT2D eigenvalue weighted by Crippen LogP contribution is -2.31. The van der Waals surface area contributed by atoms with Crippen molar-refractivity contribution in [3.8, 4) is 0 Å². The van der Waals surface area contributed by atoms with Crippen molar-refractivity contribution in [3.05, 3.63) is 29.8 Å². The van der Waals surface area contributed by atoms with Crippen LogP contribution >= 0.6 is 11.8 Å². The fourth-order valence-electron chi connectivity index (χ4n) is 1.26. The normalized spacial score (nSPS) is 11.3. The number of hydrogen-bond acceptors (Lipinski definition) is 4. The highest BCUT2D eigenvalue weighted by Gasteiger charge is 2.21. The summed E-state index contributed by atoms with van der Waals surface area (Å²) in [5.41, 5.74) is 0. The molecule has 1 aromatic carbocycles. The van der Waals surface area contributed by atoms with Crippen molar-refractivity contribution in [2.24, 2.45) is 0 Å². The van der Waals surface area contributed by atoms with E-state index in [9.17, 15) is 22.0 Å². The van der Waals surface area contributed by atoms with Crippen LogP contribution in [0, 0.1) is 11.6 Å². The highest BCUT2D eigenvalue weighted by molar-refractivity contribution is 7.99. The first-order chi connectivity index (χ1) is 8.86. The minimum atomic E-state index is -4.29. The first-order valence-electron chi connectivity index (χ1n) is 5.45. The summed E-state index contributed by atoms with van der Waals surface area (Å²) in [7, 11) is -4.29. The zero-order valence-corrected chi connectivity index (χ0v) is 11.8. The van der Waals surface area contributed by atoms with Crippen molar-refractivity contribution in [1.29, 1.82) is 0 Å². The van der Waals surface area contributed by atoms with Crippen molar-refractivity contribution in [2.75, 3.05) is 11.5 Å². The van der Waals surface area contributed by atoms with Gasteiger partial charge in [0.15, 0.2) is 0 Å². The van der Waals surface area contributed by atoms with Crippen LogP contribution in [0.1, 0.15) is 13.3 Å². The van der Waals surface area contributed by atoms with Crippen LogP contribution in [0.2, 0.25) is 0 Å². The Balaban J connectivity index is 2.78. The van der Waals surface area contributed by atoms with E-state index in [0.717, 1.165) is 17.9 Å². The second kappa shape index (κ2) is 6.85. The van der Waals surface area contributed by atoms with Crippen molar-refractivity contribution in [3.63, 3.8) is 0 Å². The smallest absolute Gasteiger partial charge is 0.266 e. The molecule has 0 atom stereocenters. The molecule has 0 bridgehead atoms.